The number of carbonyl (C=O) groups is 3. The molecule has 0 aliphatic rings. The van der Waals surface area contributed by atoms with E-state index in [0.29, 0.717) is 22.1 Å². The highest BCUT2D eigenvalue weighted by Gasteiger charge is 2.12. The second-order valence-corrected chi connectivity index (χ2v) is 6.41. The number of carbonyl (C=O) groups excluding carboxylic acids is 3. The Kier molecular flexibility index (Phi) is 5.61. The molecular formula is C18H15N5O4S. The molecule has 0 aliphatic heterocycles. The molecule has 2 heterocycles. The summed E-state index contributed by atoms with van der Waals surface area (Å²) in [5, 5.41) is 7.05. The number of nitrogens with one attached hydrogen (secondary N) is 2. The molecule has 0 bridgehead atoms. The minimum Gasteiger partial charge on any atom is -0.439 e. The number of primary amides is 1. The molecule has 0 saturated heterocycles. The van der Waals surface area contributed by atoms with Gasteiger partial charge in [0.15, 0.2) is 5.13 Å². The molecule has 0 unspecified atom stereocenters. The third kappa shape index (κ3) is 4.89. The largest absolute Gasteiger partial charge is 0.439 e. The fourth-order valence-electron chi connectivity index (χ4n) is 2.13. The molecule has 0 radical (unpaired) electrons. The number of thiazole rings is 1. The first-order valence-electron chi connectivity index (χ1n) is 7.99. The van der Waals surface area contributed by atoms with Crippen molar-refractivity contribution >= 4 is 39.9 Å². The Morgan fingerprint density at radius 3 is 2.64 bits per heavy atom. The van der Waals surface area contributed by atoms with Gasteiger partial charge < -0.3 is 21.1 Å². The maximum absolute atomic E-state index is 12.2. The number of rotatable bonds is 6. The number of nitrogens with two attached hydrogens (primary N) is 1. The number of hydrogen-bond donors (Lipinski definition) is 3. The van der Waals surface area contributed by atoms with Crippen molar-refractivity contribution in [1.82, 2.24) is 9.97 Å². The maximum atomic E-state index is 12.2. The maximum Gasteiger partial charge on any atom is 0.275 e. The summed E-state index contributed by atoms with van der Waals surface area (Å²) < 4.78 is 5.57. The summed E-state index contributed by atoms with van der Waals surface area (Å²) in [4.78, 5) is 42.6. The number of ether oxygens (including phenoxy) is 1. The molecule has 10 heteroatoms. The standard InChI is InChI=1S/C18H15N5O4S/c1-10(24)21-18-23-14(9-28-18)17(26)22-12-5-6-15(20-8-12)27-13-4-2-3-11(7-13)16(19)25/h2-9H,1H3,(H2,19,25)(H,22,26)(H,21,23,24). The number of anilines is 2. The van der Waals surface area contributed by atoms with Gasteiger partial charge in [-0.05, 0) is 24.3 Å². The highest BCUT2D eigenvalue weighted by molar-refractivity contribution is 7.14. The zero-order valence-corrected chi connectivity index (χ0v) is 15.4. The van der Waals surface area contributed by atoms with E-state index in [1.54, 1.807) is 30.3 Å². The van der Waals surface area contributed by atoms with E-state index in [2.05, 4.69) is 20.6 Å². The number of amides is 3. The van der Waals surface area contributed by atoms with Crippen LogP contribution in [0.3, 0.4) is 0 Å². The molecule has 0 saturated carbocycles. The number of hydrogen-bond acceptors (Lipinski definition) is 7. The Morgan fingerprint density at radius 2 is 1.96 bits per heavy atom. The SMILES string of the molecule is CC(=O)Nc1nc(C(=O)Nc2ccc(Oc3cccc(C(N)=O)c3)nc2)cs1. The predicted molar refractivity (Wildman–Crippen MR) is 104 cm³/mol. The zero-order chi connectivity index (χ0) is 20.1. The number of aromatic nitrogens is 2. The monoisotopic (exact) mass is 397 g/mol. The van der Waals surface area contributed by atoms with Gasteiger partial charge in [0, 0.05) is 23.9 Å². The fourth-order valence-corrected chi connectivity index (χ4v) is 2.87. The van der Waals surface area contributed by atoms with Gasteiger partial charge in [0.25, 0.3) is 5.91 Å². The predicted octanol–water partition coefficient (Wildman–Crippen LogP) is 2.64. The highest BCUT2D eigenvalue weighted by atomic mass is 32.1. The van der Waals surface area contributed by atoms with Crippen LogP contribution in [-0.4, -0.2) is 27.7 Å². The molecule has 28 heavy (non-hydrogen) atoms. The zero-order valence-electron chi connectivity index (χ0n) is 14.6. The van der Waals surface area contributed by atoms with E-state index >= 15 is 0 Å². The van der Waals surface area contributed by atoms with Crippen molar-refractivity contribution in [2.75, 3.05) is 10.6 Å². The van der Waals surface area contributed by atoms with Crippen LogP contribution in [0.1, 0.15) is 27.8 Å². The van der Waals surface area contributed by atoms with Crippen molar-refractivity contribution in [2.45, 2.75) is 6.92 Å². The Hall–Kier alpha value is -3.79. The van der Waals surface area contributed by atoms with Gasteiger partial charge in [-0.2, -0.15) is 0 Å². The smallest absolute Gasteiger partial charge is 0.275 e. The second kappa shape index (κ2) is 8.27. The van der Waals surface area contributed by atoms with Gasteiger partial charge in [0.05, 0.1) is 11.9 Å². The molecule has 0 atom stereocenters. The Labute approximate surface area is 163 Å². The van der Waals surface area contributed by atoms with Gasteiger partial charge in [0.1, 0.15) is 11.4 Å². The summed E-state index contributed by atoms with van der Waals surface area (Å²) in [6.07, 6.45) is 1.42. The highest BCUT2D eigenvalue weighted by Crippen LogP contribution is 2.22. The summed E-state index contributed by atoms with van der Waals surface area (Å²) in [7, 11) is 0. The van der Waals surface area contributed by atoms with Crippen molar-refractivity contribution in [2.24, 2.45) is 5.73 Å². The lowest BCUT2D eigenvalue weighted by atomic mass is 10.2. The molecule has 9 nitrogen and oxygen atoms in total. The Bertz CT molecular complexity index is 1030. The minimum absolute atomic E-state index is 0.178. The lowest BCUT2D eigenvalue weighted by Gasteiger charge is -2.07. The second-order valence-electron chi connectivity index (χ2n) is 5.55. The number of nitrogens with zero attached hydrogens (tertiary/aromatic N) is 2. The van der Waals surface area contributed by atoms with Crippen LogP contribution in [0.5, 0.6) is 11.6 Å². The van der Waals surface area contributed by atoms with Crippen LogP contribution in [0.2, 0.25) is 0 Å². The van der Waals surface area contributed by atoms with Crippen molar-refractivity contribution < 1.29 is 19.1 Å². The summed E-state index contributed by atoms with van der Waals surface area (Å²) >= 11 is 1.15. The number of pyridine rings is 1. The molecule has 1 aromatic carbocycles. The van der Waals surface area contributed by atoms with Crippen molar-refractivity contribution in [3.05, 3.63) is 59.2 Å². The first-order chi connectivity index (χ1) is 13.4. The van der Waals surface area contributed by atoms with Crippen molar-refractivity contribution in [3.8, 4) is 11.6 Å². The van der Waals surface area contributed by atoms with Crippen molar-refractivity contribution in [3.63, 3.8) is 0 Å². The Morgan fingerprint density at radius 1 is 1.14 bits per heavy atom. The molecule has 3 aromatic rings. The molecule has 3 rings (SSSR count). The van der Waals surface area contributed by atoms with Crippen LogP contribution in [0, 0.1) is 0 Å². The molecule has 142 valence electrons. The summed E-state index contributed by atoms with van der Waals surface area (Å²) in [6, 6.07) is 9.58. The van der Waals surface area contributed by atoms with Crippen LogP contribution in [-0.2, 0) is 4.79 Å². The minimum atomic E-state index is -0.555. The van der Waals surface area contributed by atoms with Crippen LogP contribution < -0.4 is 21.1 Å². The molecule has 3 amide bonds. The lowest BCUT2D eigenvalue weighted by molar-refractivity contribution is -0.114. The van der Waals surface area contributed by atoms with E-state index in [1.807, 2.05) is 0 Å². The summed E-state index contributed by atoms with van der Waals surface area (Å²) in [5.74, 6) is -0.560. The summed E-state index contributed by atoms with van der Waals surface area (Å²) in [5.41, 5.74) is 6.18. The van der Waals surface area contributed by atoms with Crippen LogP contribution in [0.25, 0.3) is 0 Å². The molecular weight excluding hydrogens is 382 g/mol. The first kappa shape index (κ1) is 19.0. The summed E-state index contributed by atoms with van der Waals surface area (Å²) in [6.45, 7) is 1.36. The number of benzene rings is 1. The molecule has 0 fully saturated rings. The van der Waals surface area contributed by atoms with Gasteiger partial charge in [0.2, 0.25) is 17.7 Å². The molecule has 4 N–H and O–H groups in total. The van der Waals surface area contributed by atoms with Crippen LogP contribution in [0.15, 0.2) is 48.0 Å². The normalized spacial score (nSPS) is 10.2. The van der Waals surface area contributed by atoms with Gasteiger partial charge >= 0.3 is 0 Å². The average molecular weight is 397 g/mol. The van der Waals surface area contributed by atoms with E-state index in [9.17, 15) is 14.4 Å². The van der Waals surface area contributed by atoms with E-state index in [4.69, 9.17) is 10.5 Å². The lowest BCUT2D eigenvalue weighted by Crippen LogP contribution is -2.13. The average Bonchev–Trinajstić information content (AvgIpc) is 3.11. The van der Waals surface area contributed by atoms with Crippen LogP contribution in [0.4, 0.5) is 10.8 Å². The fraction of sp³-hybridized carbons (Fsp3) is 0.0556. The van der Waals surface area contributed by atoms with E-state index < -0.39 is 11.8 Å². The van der Waals surface area contributed by atoms with Gasteiger partial charge in [-0.25, -0.2) is 9.97 Å². The molecule has 0 spiro atoms. The third-order valence-electron chi connectivity index (χ3n) is 3.35. The first-order valence-corrected chi connectivity index (χ1v) is 8.87. The van der Waals surface area contributed by atoms with Gasteiger partial charge in [-0.15, -0.1) is 11.3 Å². The van der Waals surface area contributed by atoms with Crippen LogP contribution >= 0.6 is 11.3 Å². The quantitative estimate of drug-likeness (QED) is 0.585. The molecule has 2 aromatic heterocycles. The van der Waals surface area contributed by atoms with Gasteiger partial charge in [-0.3, -0.25) is 14.4 Å². The Balaban J connectivity index is 1.63. The topological polar surface area (TPSA) is 136 Å². The van der Waals surface area contributed by atoms with Crippen molar-refractivity contribution in [1.29, 1.82) is 0 Å². The third-order valence-corrected chi connectivity index (χ3v) is 4.11. The van der Waals surface area contributed by atoms with E-state index in [-0.39, 0.29) is 17.5 Å². The van der Waals surface area contributed by atoms with Gasteiger partial charge in [-0.1, -0.05) is 6.07 Å². The molecule has 0 aliphatic carbocycles. The van der Waals surface area contributed by atoms with E-state index in [0.717, 1.165) is 11.3 Å². The van der Waals surface area contributed by atoms with E-state index in [1.165, 1.54) is 24.6 Å².